The molecule has 1 atom stereocenters. The van der Waals surface area contributed by atoms with Crippen LogP contribution >= 0.6 is 0 Å². The van der Waals surface area contributed by atoms with Crippen molar-refractivity contribution in [2.24, 2.45) is 0 Å². The average Bonchev–Trinajstić information content (AvgIpc) is 3.10. The molecule has 1 aliphatic rings. The van der Waals surface area contributed by atoms with E-state index in [9.17, 15) is 14.3 Å². The van der Waals surface area contributed by atoms with E-state index in [1.807, 2.05) is 0 Å². The fourth-order valence-corrected chi connectivity index (χ4v) is 1.62. The Balaban J connectivity index is 1.98. The quantitative estimate of drug-likeness (QED) is 0.836. The number of aliphatic hydroxyl groups excluding tert-OH is 1. The molecule has 1 aromatic rings. The van der Waals surface area contributed by atoms with Crippen molar-refractivity contribution in [3.8, 4) is 5.75 Å². The molecular formula is C13H16FNO3. The lowest BCUT2D eigenvalue weighted by Gasteiger charge is -2.13. The summed E-state index contributed by atoms with van der Waals surface area (Å²) in [4.78, 5) is 11.4. The van der Waals surface area contributed by atoms with Gasteiger partial charge in [0.2, 0.25) is 0 Å². The number of rotatable bonds is 5. The number of carbonyl (C=O) groups is 1. The minimum Gasteiger partial charge on any atom is -0.483 e. The van der Waals surface area contributed by atoms with Gasteiger partial charge in [0.15, 0.2) is 6.61 Å². The summed E-state index contributed by atoms with van der Waals surface area (Å²) in [5.74, 6) is -0.480. The molecule has 0 saturated heterocycles. The Morgan fingerprint density at radius 3 is 2.94 bits per heavy atom. The van der Waals surface area contributed by atoms with Crippen LogP contribution in [0.3, 0.4) is 0 Å². The SMILES string of the molecule is C[C@@H](O)c1ccc(F)cc1OCC(=O)NC1CC1. The molecule has 0 heterocycles. The van der Waals surface area contributed by atoms with Crippen LogP contribution in [0.2, 0.25) is 0 Å². The average molecular weight is 253 g/mol. The van der Waals surface area contributed by atoms with Crippen LogP contribution < -0.4 is 10.1 Å². The molecule has 98 valence electrons. The summed E-state index contributed by atoms with van der Waals surface area (Å²) in [5.41, 5.74) is 0.468. The van der Waals surface area contributed by atoms with Crippen LogP contribution in [0.25, 0.3) is 0 Å². The number of hydrogen-bond donors (Lipinski definition) is 2. The topological polar surface area (TPSA) is 58.6 Å². The number of carbonyl (C=O) groups excluding carboxylic acids is 1. The van der Waals surface area contributed by atoms with E-state index < -0.39 is 11.9 Å². The maximum absolute atomic E-state index is 13.1. The van der Waals surface area contributed by atoms with Gasteiger partial charge in [-0.1, -0.05) is 0 Å². The van der Waals surface area contributed by atoms with E-state index in [0.29, 0.717) is 5.56 Å². The second kappa shape index (κ2) is 5.35. The lowest BCUT2D eigenvalue weighted by molar-refractivity contribution is -0.123. The van der Waals surface area contributed by atoms with Crippen LogP contribution in [0, 0.1) is 5.82 Å². The van der Waals surface area contributed by atoms with Crippen molar-refractivity contribution in [3.05, 3.63) is 29.6 Å². The Morgan fingerprint density at radius 1 is 1.61 bits per heavy atom. The van der Waals surface area contributed by atoms with Crippen LogP contribution in [0.1, 0.15) is 31.4 Å². The van der Waals surface area contributed by atoms with E-state index in [1.165, 1.54) is 18.2 Å². The highest BCUT2D eigenvalue weighted by atomic mass is 19.1. The number of benzene rings is 1. The van der Waals surface area contributed by atoms with E-state index >= 15 is 0 Å². The van der Waals surface area contributed by atoms with E-state index in [2.05, 4.69) is 5.32 Å². The minimum absolute atomic E-state index is 0.167. The second-order valence-corrected chi connectivity index (χ2v) is 4.49. The van der Waals surface area contributed by atoms with Crippen molar-refractivity contribution >= 4 is 5.91 Å². The predicted molar refractivity (Wildman–Crippen MR) is 63.7 cm³/mol. The third-order valence-corrected chi connectivity index (χ3v) is 2.73. The van der Waals surface area contributed by atoms with Crippen molar-refractivity contribution in [2.45, 2.75) is 31.9 Å². The summed E-state index contributed by atoms with van der Waals surface area (Å²) in [7, 11) is 0. The Morgan fingerprint density at radius 2 is 2.33 bits per heavy atom. The van der Waals surface area contributed by atoms with Gasteiger partial charge in [-0.15, -0.1) is 0 Å². The first-order valence-electron chi connectivity index (χ1n) is 5.96. The fourth-order valence-electron chi connectivity index (χ4n) is 1.62. The molecule has 2 rings (SSSR count). The summed E-state index contributed by atoms with van der Waals surface area (Å²) in [6, 6.07) is 4.14. The lowest BCUT2D eigenvalue weighted by atomic mass is 10.1. The summed E-state index contributed by atoms with van der Waals surface area (Å²) in [5, 5.41) is 12.3. The van der Waals surface area contributed by atoms with Crippen LogP contribution in [-0.4, -0.2) is 23.7 Å². The van der Waals surface area contributed by atoms with E-state index in [4.69, 9.17) is 4.74 Å². The maximum Gasteiger partial charge on any atom is 0.258 e. The van der Waals surface area contributed by atoms with E-state index in [-0.39, 0.29) is 24.3 Å². The van der Waals surface area contributed by atoms with Gasteiger partial charge >= 0.3 is 0 Å². The van der Waals surface area contributed by atoms with Crippen molar-refractivity contribution in [1.29, 1.82) is 0 Å². The molecule has 5 heteroatoms. The first-order valence-corrected chi connectivity index (χ1v) is 5.96. The number of hydrogen-bond acceptors (Lipinski definition) is 3. The standard InChI is InChI=1S/C13H16FNO3/c1-8(16)11-5-2-9(14)6-12(11)18-7-13(17)15-10-3-4-10/h2,5-6,8,10,16H,3-4,7H2,1H3,(H,15,17)/t8-/m1/s1. The van der Waals surface area contributed by atoms with Crippen LogP contribution in [0.5, 0.6) is 5.75 Å². The molecule has 0 aromatic heterocycles. The van der Waals surface area contributed by atoms with Gasteiger partial charge in [-0.25, -0.2) is 4.39 Å². The van der Waals surface area contributed by atoms with E-state index in [1.54, 1.807) is 6.92 Å². The van der Waals surface area contributed by atoms with Crippen LogP contribution in [0.15, 0.2) is 18.2 Å². The molecular weight excluding hydrogens is 237 g/mol. The summed E-state index contributed by atoms with van der Waals surface area (Å²) in [6.07, 6.45) is 1.24. The lowest BCUT2D eigenvalue weighted by Crippen LogP contribution is -2.30. The molecule has 1 fully saturated rings. The number of ether oxygens (including phenoxy) is 1. The van der Waals surface area contributed by atoms with Gasteiger partial charge < -0.3 is 15.2 Å². The molecule has 0 bridgehead atoms. The molecule has 0 radical (unpaired) electrons. The zero-order valence-corrected chi connectivity index (χ0v) is 10.1. The van der Waals surface area contributed by atoms with Crippen molar-refractivity contribution in [1.82, 2.24) is 5.32 Å². The van der Waals surface area contributed by atoms with Gasteiger partial charge in [0.05, 0.1) is 6.10 Å². The molecule has 18 heavy (non-hydrogen) atoms. The zero-order valence-electron chi connectivity index (χ0n) is 10.1. The number of nitrogens with one attached hydrogen (secondary N) is 1. The van der Waals surface area contributed by atoms with Gasteiger partial charge in [-0.2, -0.15) is 0 Å². The molecule has 0 unspecified atom stereocenters. The summed E-state index contributed by atoms with van der Waals surface area (Å²) >= 11 is 0. The van der Waals surface area contributed by atoms with Gasteiger partial charge in [-0.05, 0) is 31.9 Å². The number of amides is 1. The highest BCUT2D eigenvalue weighted by molar-refractivity contribution is 5.78. The first-order chi connectivity index (χ1) is 8.56. The van der Waals surface area contributed by atoms with Crippen molar-refractivity contribution < 1.29 is 19.0 Å². The Labute approximate surface area is 105 Å². The molecule has 0 spiro atoms. The Kier molecular flexibility index (Phi) is 3.81. The second-order valence-electron chi connectivity index (χ2n) is 4.49. The summed E-state index contributed by atoms with van der Waals surface area (Å²) < 4.78 is 18.4. The van der Waals surface area contributed by atoms with E-state index in [0.717, 1.165) is 12.8 Å². The normalized spacial score (nSPS) is 16.2. The van der Waals surface area contributed by atoms with Crippen molar-refractivity contribution in [2.75, 3.05) is 6.61 Å². The number of halogens is 1. The summed E-state index contributed by atoms with van der Waals surface area (Å²) in [6.45, 7) is 1.39. The molecule has 0 aliphatic heterocycles. The molecule has 4 nitrogen and oxygen atoms in total. The van der Waals surface area contributed by atoms with Gasteiger partial charge in [0.25, 0.3) is 5.91 Å². The van der Waals surface area contributed by atoms with Crippen molar-refractivity contribution in [3.63, 3.8) is 0 Å². The minimum atomic E-state index is -0.771. The molecule has 1 aliphatic carbocycles. The zero-order chi connectivity index (χ0) is 13.1. The van der Waals surface area contributed by atoms with Gasteiger partial charge in [-0.3, -0.25) is 4.79 Å². The highest BCUT2D eigenvalue weighted by Crippen LogP contribution is 2.26. The van der Waals surface area contributed by atoms with Crippen LogP contribution in [-0.2, 0) is 4.79 Å². The molecule has 1 saturated carbocycles. The third kappa shape index (κ3) is 3.43. The molecule has 1 amide bonds. The Bertz CT molecular complexity index is 444. The van der Waals surface area contributed by atoms with Gasteiger partial charge in [0, 0.05) is 17.7 Å². The third-order valence-electron chi connectivity index (χ3n) is 2.73. The van der Waals surface area contributed by atoms with Gasteiger partial charge in [0.1, 0.15) is 11.6 Å². The highest BCUT2D eigenvalue weighted by Gasteiger charge is 2.23. The maximum atomic E-state index is 13.1. The largest absolute Gasteiger partial charge is 0.483 e. The predicted octanol–water partition coefficient (Wildman–Crippen LogP) is 1.54. The molecule has 2 N–H and O–H groups in total. The fraction of sp³-hybridized carbons (Fsp3) is 0.462. The Hall–Kier alpha value is -1.62. The van der Waals surface area contributed by atoms with Crippen LogP contribution in [0.4, 0.5) is 4.39 Å². The smallest absolute Gasteiger partial charge is 0.258 e. The first kappa shape index (κ1) is 12.8. The monoisotopic (exact) mass is 253 g/mol. The number of aliphatic hydroxyl groups is 1. The molecule has 1 aromatic carbocycles.